The van der Waals surface area contributed by atoms with Crippen LogP contribution >= 0.6 is 11.6 Å². The number of pyridine rings is 1. The van der Waals surface area contributed by atoms with Gasteiger partial charge in [0.15, 0.2) is 0 Å². The van der Waals surface area contributed by atoms with Crippen molar-refractivity contribution >= 4 is 33.5 Å². The Morgan fingerprint density at radius 1 is 1.18 bits per heavy atom. The highest BCUT2D eigenvalue weighted by atomic mass is 35.5. The molecule has 3 heterocycles. The summed E-state index contributed by atoms with van der Waals surface area (Å²) < 4.78 is 0. The predicted molar refractivity (Wildman–Crippen MR) is 86.3 cm³/mol. The maximum atomic E-state index is 12.2. The molecule has 0 aliphatic rings. The van der Waals surface area contributed by atoms with E-state index in [1.807, 2.05) is 18.3 Å². The second kappa shape index (κ2) is 4.96. The van der Waals surface area contributed by atoms with Gasteiger partial charge in [0.2, 0.25) is 0 Å². The van der Waals surface area contributed by atoms with E-state index in [0.29, 0.717) is 28.2 Å². The fourth-order valence-corrected chi connectivity index (χ4v) is 2.75. The second-order valence-electron chi connectivity index (χ2n) is 5.06. The van der Waals surface area contributed by atoms with Gasteiger partial charge in [0.25, 0.3) is 5.56 Å². The Morgan fingerprint density at radius 3 is 3.00 bits per heavy atom. The molecule has 0 amide bonds. The third-order valence-corrected chi connectivity index (χ3v) is 3.85. The molecule has 0 fully saturated rings. The maximum Gasteiger partial charge on any atom is 0.258 e. The van der Waals surface area contributed by atoms with Crippen molar-refractivity contribution in [2.45, 2.75) is 6.42 Å². The smallest absolute Gasteiger partial charge is 0.258 e. The maximum absolute atomic E-state index is 12.2. The molecule has 0 atom stereocenters. The Labute approximate surface area is 130 Å². The van der Waals surface area contributed by atoms with E-state index in [1.54, 1.807) is 24.4 Å². The zero-order valence-electron chi connectivity index (χ0n) is 11.4. The summed E-state index contributed by atoms with van der Waals surface area (Å²) in [5.74, 6) is 0.615. The first kappa shape index (κ1) is 13.0. The number of nitrogens with one attached hydrogen (secondary N) is 2. The van der Waals surface area contributed by atoms with Gasteiger partial charge in [-0.3, -0.25) is 4.79 Å². The van der Waals surface area contributed by atoms with Gasteiger partial charge >= 0.3 is 0 Å². The lowest BCUT2D eigenvalue weighted by Gasteiger charge is -2.03. The van der Waals surface area contributed by atoms with Gasteiger partial charge in [-0.1, -0.05) is 11.6 Å². The second-order valence-corrected chi connectivity index (χ2v) is 5.50. The normalized spacial score (nSPS) is 11.3. The van der Waals surface area contributed by atoms with Crippen LogP contribution in [0.1, 0.15) is 11.4 Å². The van der Waals surface area contributed by atoms with Crippen molar-refractivity contribution in [2.75, 3.05) is 0 Å². The number of halogens is 1. The van der Waals surface area contributed by atoms with Crippen molar-refractivity contribution in [2.24, 2.45) is 0 Å². The van der Waals surface area contributed by atoms with Crippen LogP contribution in [-0.2, 0) is 6.42 Å². The summed E-state index contributed by atoms with van der Waals surface area (Å²) in [7, 11) is 0. The number of hydrogen-bond donors (Lipinski definition) is 2. The summed E-state index contributed by atoms with van der Waals surface area (Å²) in [5.41, 5.74) is 2.33. The Balaban J connectivity index is 1.82. The van der Waals surface area contributed by atoms with Crippen LogP contribution in [0.4, 0.5) is 0 Å². The van der Waals surface area contributed by atoms with Gasteiger partial charge in [0.05, 0.1) is 10.9 Å². The molecule has 0 bridgehead atoms. The van der Waals surface area contributed by atoms with Crippen LogP contribution in [0.3, 0.4) is 0 Å². The summed E-state index contributed by atoms with van der Waals surface area (Å²) in [6.45, 7) is 0. The lowest BCUT2D eigenvalue weighted by Crippen LogP contribution is -2.12. The van der Waals surface area contributed by atoms with Crippen molar-refractivity contribution in [1.29, 1.82) is 0 Å². The monoisotopic (exact) mass is 310 g/mol. The Kier molecular flexibility index (Phi) is 2.94. The molecule has 4 aromatic rings. The molecular weight excluding hydrogens is 300 g/mol. The Bertz CT molecular complexity index is 1050. The van der Waals surface area contributed by atoms with Gasteiger partial charge < -0.3 is 9.97 Å². The van der Waals surface area contributed by atoms with Crippen molar-refractivity contribution in [1.82, 2.24) is 19.9 Å². The van der Waals surface area contributed by atoms with Gasteiger partial charge in [0.1, 0.15) is 11.5 Å². The third kappa shape index (κ3) is 2.16. The molecule has 1 aromatic carbocycles. The summed E-state index contributed by atoms with van der Waals surface area (Å²) >= 11 is 5.92. The van der Waals surface area contributed by atoms with Crippen LogP contribution in [0.5, 0.6) is 0 Å². The van der Waals surface area contributed by atoms with E-state index in [9.17, 15) is 4.79 Å². The number of hydrogen-bond acceptors (Lipinski definition) is 3. The minimum absolute atomic E-state index is 0.180. The Hall–Kier alpha value is -2.66. The molecule has 0 radical (unpaired) electrons. The molecule has 0 saturated heterocycles. The third-order valence-electron chi connectivity index (χ3n) is 3.61. The molecule has 0 aliphatic heterocycles. The van der Waals surface area contributed by atoms with Crippen molar-refractivity contribution in [3.63, 3.8) is 0 Å². The number of nitrogens with zero attached hydrogens (tertiary/aromatic N) is 2. The first-order valence-electron chi connectivity index (χ1n) is 6.80. The van der Waals surface area contributed by atoms with Crippen LogP contribution in [-0.4, -0.2) is 19.9 Å². The van der Waals surface area contributed by atoms with Crippen LogP contribution in [0.15, 0.2) is 47.5 Å². The number of H-pyrrole nitrogens is 2. The standard InChI is InChI=1S/C16H11ClN4O/c17-10-3-4-13-12(7-10)16(22)21-14(20-13)6-9-8-19-15-11(9)2-1-5-18-15/h1-5,7-8H,6H2,(H,18,19)(H,20,21,22). The van der Waals surface area contributed by atoms with Crippen LogP contribution in [0.25, 0.3) is 21.9 Å². The van der Waals surface area contributed by atoms with E-state index in [1.165, 1.54) is 0 Å². The van der Waals surface area contributed by atoms with E-state index in [4.69, 9.17) is 11.6 Å². The van der Waals surface area contributed by atoms with Crippen LogP contribution in [0, 0.1) is 0 Å². The number of aromatic amines is 2. The van der Waals surface area contributed by atoms with E-state index < -0.39 is 0 Å². The fraction of sp³-hybridized carbons (Fsp3) is 0.0625. The molecule has 4 rings (SSSR count). The molecule has 3 aromatic heterocycles. The molecule has 22 heavy (non-hydrogen) atoms. The lowest BCUT2D eigenvalue weighted by atomic mass is 10.1. The highest BCUT2D eigenvalue weighted by Crippen LogP contribution is 2.19. The molecule has 108 valence electrons. The summed E-state index contributed by atoms with van der Waals surface area (Å²) in [5, 5.41) is 2.05. The van der Waals surface area contributed by atoms with Crippen LogP contribution in [0.2, 0.25) is 5.02 Å². The minimum Gasteiger partial charge on any atom is -0.346 e. The van der Waals surface area contributed by atoms with Gasteiger partial charge in [-0.25, -0.2) is 9.97 Å². The SMILES string of the molecule is O=c1[nH]c(Cc2c[nH]c3ncccc23)nc2ccc(Cl)cc12. The topological polar surface area (TPSA) is 74.4 Å². The lowest BCUT2D eigenvalue weighted by molar-refractivity contribution is 0.978. The molecule has 0 unspecified atom stereocenters. The molecule has 0 spiro atoms. The zero-order chi connectivity index (χ0) is 15.1. The zero-order valence-corrected chi connectivity index (χ0v) is 12.2. The number of aromatic nitrogens is 4. The summed E-state index contributed by atoms with van der Waals surface area (Å²) in [4.78, 5) is 26.9. The molecule has 2 N–H and O–H groups in total. The summed E-state index contributed by atoms with van der Waals surface area (Å²) in [6.07, 6.45) is 4.16. The average molecular weight is 311 g/mol. The highest BCUT2D eigenvalue weighted by molar-refractivity contribution is 6.31. The van der Waals surface area contributed by atoms with Crippen LogP contribution < -0.4 is 5.56 Å². The molecule has 0 saturated carbocycles. The van der Waals surface area contributed by atoms with Gasteiger partial charge in [-0.05, 0) is 35.9 Å². The van der Waals surface area contributed by atoms with Crippen molar-refractivity contribution in [3.05, 3.63) is 69.5 Å². The van der Waals surface area contributed by atoms with E-state index in [-0.39, 0.29) is 5.56 Å². The van der Waals surface area contributed by atoms with Gasteiger partial charge in [-0.2, -0.15) is 0 Å². The van der Waals surface area contributed by atoms with E-state index >= 15 is 0 Å². The van der Waals surface area contributed by atoms with Gasteiger partial charge in [-0.15, -0.1) is 0 Å². The number of fused-ring (bicyclic) bond motifs is 2. The fourth-order valence-electron chi connectivity index (χ4n) is 2.58. The molecule has 5 nitrogen and oxygen atoms in total. The first-order chi connectivity index (χ1) is 10.7. The van der Waals surface area contributed by atoms with Gasteiger partial charge in [0, 0.05) is 29.2 Å². The first-order valence-corrected chi connectivity index (χ1v) is 7.18. The minimum atomic E-state index is -0.180. The van der Waals surface area contributed by atoms with Crippen molar-refractivity contribution < 1.29 is 0 Å². The van der Waals surface area contributed by atoms with E-state index in [2.05, 4.69) is 19.9 Å². The molecule has 0 aliphatic carbocycles. The largest absolute Gasteiger partial charge is 0.346 e. The van der Waals surface area contributed by atoms with E-state index in [0.717, 1.165) is 16.6 Å². The number of rotatable bonds is 2. The quantitative estimate of drug-likeness (QED) is 0.597. The van der Waals surface area contributed by atoms with Crippen molar-refractivity contribution in [3.8, 4) is 0 Å². The number of benzene rings is 1. The summed E-state index contributed by atoms with van der Waals surface area (Å²) in [6, 6.07) is 9.00. The predicted octanol–water partition coefficient (Wildman–Crippen LogP) is 3.04. The highest BCUT2D eigenvalue weighted by Gasteiger charge is 2.09. The molecular formula is C16H11ClN4O. The average Bonchev–Trinajstić information content (AvgIpc) is 2.92. The molecule has 6 heteroatoms. The Morgan fingerprint density at radius 2 is 2.09 bits per heavy atom.